The lowest BCUT2D eigenvalue weighted by molar-refractivity contribution is 0.672. The fraction of sp³-hybridized carbons (Fsp3) is 0.0377. The number of hydrogen-bond acceptors (Lipinski definition) is 4. The Morgan fingerprint density at radius 1 is 0.421 bits per heavy atom. The van der Waals surface area contributed by atoms with Gasteiger partial charge in [0.2, 0.25) is 0 Å². The van der Waals surface area contributed by atoms with E-state index in [4.69, 9.17) is 19.4 Å². The Kier molecular flexibility index (Phi) is 7.92. The average Bonchev–Trinajstić information content (AvgIpc) is 3.68. The summed E-state index contributed by atoms with van der Waals surface area (Å²) in [5.74, 6) is 0.692. The van der Waals surface area contributed by atoms with Crippen LogP contribution in [-0.4, -0.2) is 15.0 Å². The van der Waals surface area contributed by atoms with E-state index in [0.29, 0.717) is 5.82 Å². The molecule has 11 rings (SSSR count). The lowest BCUT2D eigenvalue weighted by Gasteiger charge is -2.16. The van der Waals surface area contributed by atoms with E-state index in [9.17, 15) is 0 Å². The normalized spacial score (nSPS) is 12.4. The maximum atomic E-state index is 6.90. The summed E-state index contributed by atoms with van der Waals surface area (Å²) in [7, 11) is 0. The summed E-state index contributed by atoms with van der Waals surface area (Å²) < 4.78 is 6.90. The van der Waals surface area contributed by atoms with E-state index in [0.717, 1.165) is 102 Å². The van der Waals surface area contributed by atoms with Crippen molar-refractivity contribution in [2.75, 3.05) is 0 Å². The van der Waals surface area contributed by atoms with E-state index in [1.807, 2.05) is 30.3 Å². The highest BCUT2D eigenvalue weighted by Crippen LogP contribution is 2.42. The number of pyridine rings is 1. The smallest absolute Gasteiger partial charge is 0.160 e. The molecule has 10 aromatic rings. The number of rotatable bonds is 6. The van der Waals surface area contributed by atoms with Crippen LogP contribution in [0.15, 0.2) is 186 Å². The average molecular weight is 730 g/mol. The monoisotopic (exact) mass is 729 g/mol. The first kappa shape index (κ1) is 33.0. The zero-order valence-corrected chi connectivity index (χ0v) is 31.1. The van der Waals surface area contributed by atoms with Crippen LogP contribution in [0.25, 0.3) is 106 Å². The first-order valence-corrected chi connectivity index (χ1v) is 19.5. The highest BCUT2D eigenvalue weighted by Gasteiger charge is 2.21. The van der Waals surface area contributed by atoms with E-state index in [1.54, 1.807) is 0 Å². The zero-order chi connectivity index (χ0) is 37.7. The van der Waals surface area contributed by atoms with Crippen molar-refractivity contribution < 1.29 is 4.42 Å². The summed E-state index contributed by atoms with van der Waals surface area (Å²) in [6.07, 6.45) is 6.33. The second-order valence-electron chi connectivity index (χ2n) is 14.7. The van der Waals surface area contributed by atoms with Crippen molar-refractivity contribution in [2.24, 2.45) is 0 Å². The number of aryl methyl sites for hydroxylation is 1. The Labute approximate surface area is 330 Å². The molecule has 0 unspecified atom stereocenters. The minimum Gasteiger partial charge on any atom is -0.455 e. The molecular weight excluding hydrogens is 695 g/mol. The zero-order valence-electron chi connectivity index (χ0n) is 31.1. The number of hydrogen-bond donors (Lipinski definition) is 0. The van der Waals surface area contributed by atoms with Crippen LogP contribution >= 0.6 is 0 Å². The van der Waals surface area contributed by atoms with E-state index in [1.165, 1.54) is 16.5 Å². The van der Waals surface area contributed by atoms with Gasteiger partial charge in [0.1, 0.15) is 11.2 Å². The van der Waals surface area contributed by atoms with Crippen LogP contribution in [0.3, 0.4) is 0 Å². The Morgan fingerprint density at radius 2 is 0.982 bits per heavy atom. The van der Waals surface area contributed by atoms with Crippen molar-refractivity contribution in [3.8, 4) is 67.4 Å². The third-order valence-corrected chi connectivity index (χ3v) is 11.1. The minimum atomic E-state index is 0.692. The maximum absolute atomic E-state index is 6.90. The van der Waals surface area contributed by atoms with Crippen molar-refractivity contribution >= 4 is 38.8 Å². The molecule has 0 aliphatic heterocycles. The molecule has 3 aromatic heterocycles. The first-order chi connectivity index (χ1) is 28.2. The van der Waals surface area contributed by atoms with Crippen molar-refractivity contribution in [3.05, 3.63) is 193 Å². The van der Waals surface area contributed by atoms with Crippen molar-refractivity contribution in [1.29, 1.82) is 0 Å². The van der Waals surface area contributed by atoms with Crippen LogP contribution in [0.5, 0.6) is 0 Å². The van der Waals surface area contributed by atoms with Crippen LogP contribution in [0, 0.1) is 0 Å². The van der Waals surface area contributed by atoms with Crippen LogP contribution in [0.4, 0.5) is 0 Å². The van der Waals surface area contributed by atoms with Gasteiger partial charge in [-0.1, -0.05) is 146 Å². The molecule has 1 aliphatic rings. The largest absolute Gasteiger partial charge is 0.455 e. The highest BCUT2D eigenvalue weighted by atomic mass is 16.3. The lowest BCUT2D eigenvalue weighted by atomic mass is 9.92. The molecule has 0 N–H and O–H groups in total. The van der Waals surface area contributed by atoms with Gasteiger partial charge in [-0.15, -0.1) is 0 Å². The van der Waals surface area contributed by atoms with Crippen LogP contribution in [-0.2, 0) is 6.42 Å². The molecule has 3 heterocycles. The molecule has 7 aromatic carbocycles. The molecule has 0 fully saturated rings. The van der Waals surface area contributed by atoms with Gasteiger partial charge in [0.05, 0.1) is 22.8 Å². The number of aromatic nitrogens is 3. The molecule has 0 bridgehead atoms. The third-order valence-electron chi connectivity index (χ3n) is 11.1. The predicted molar refractivity (Wildman–Crippen MR) is 235 cm³/mol. The van der Waals surface area contributed by atoms with Crippen LogP contribution < -0.4 is 0 Å². The first-order valence-electron chi connectivity index (χ1n) is 19.5. The summed E-state index contributed by atoms with van der Waals surface area (Å²) >= 11 is 0. The third kappa shape index (κ3) is 5.90. The predicted octanol–water partition coefficient (Wildman–Crippen LogP) is 13.9. The summed E-state index contributed by atoms with van der Waals surface area (Å²) in [5.41, 5.74) is 15.4. The van der Waals surface area contributed by atoms with Gasteiger partial charge >= 0.3 is 0 Å². The van der Waals surface area contributed by atoms with Gasteiger partial charge < -0.3 is 4.42 Å². The second kappa shape index (κ2) is 13.7. The van der Waals surface area contributed by atoms with Gasteiger partial charge in [-0.25, -0.2) is 15.0 Å². The fourth-order valence-electron chi connectivity index (χ4n) is 8.33. The molecule has 0 radical (unpaired) electrons. The Hall–Kier alpha value is -7.43. The number of benzene rings is 7. The number of fused-ring (bicyclic) bond motifs is 7. The van der Waals surface area contributed by atoms with E-state index < -0.39 is 0 Å². The van der Waals surface area contributed by atoms with Gasteiger partial charge in [-0.3, -0.25) is 0 Å². The quantitative estimate of drug-likeness (QED) is 0.171. The van der Waals surface area contributed by atoms with Crippen molar-refractivity contribution in [1.82, 2.24) is 15.0 Å². The van der Waals surface area contributed by atoms with Crippen LogP contribution in [0.2, 0.25) is 0 Å². The van der Waals surface area contributed by atoms with E-state index in [-0.39, 0.29) is 0 Å². The molecule has 1 aliphatic carbocycles. The van der Waals surface area contributed by atoms with Crippen molar-refractivity contribution in [2.45, 2.75) is 12.8 Å². The summed E-state index contributed by atoms with van der Waals surface area (Å²) in [5, 5.41) is 4.53. The minimum absolute atomic E-state index is 0.692. The van der Waals surface area contributed by atoms with Gasteiger partial charge in [-0.2, -0.15) is 0 Å². The van der Waals surface area contributed by atoms with Crippen LogP contribution in [0.1, 0.15) is 17.7 Å². The molecule has 0 saturated carbocycles. The SMILES string of the molecule is C1=Cc2nc(-c3ccccc3)c3ccc4c5ccc(-c6cccc(-c7cc(-c8cccc(-c9ccccc9)c8)nc(-c8ccccc8)n7)c6)cc5oc4c3c2CC1. The second-order valence-corrected chi connectivity index (χ2v) is 14.7. The summed E-state index contributed by atoms with van der Waals surface area (Å²) in [4.78, 5) is 15.4. The standard InChI is InChI=1S/C53H35N3O/c1-4-14-34(15-5-1)37-20-12-22-40(30-37)47-33-48(56-53(55-47)36-18-8-3-9-19-36)41-23-13-21-38(31-41)39-26-27-42-43-28-29-45-50(52(43)57-49(42)32-39)44-24-10-11-25-46(44)54-51(45)35-16-6-2-7-17-35/h1-9,11-23,25-33H,10,24H2. The molecule has 268 valence electrons. The lowest BCUT2D eigenvalue weighted by Crippen LogP contribution is -2.01. The molecule has 0 atom stereocenters. The highest BCUT2D eigenvalue weighted by molar-refractivity contribution is 6.18. The molecule has 0 amide bonds. The van der Waals surface area contributed by atoms with Gasteiger partial charge in [0.25, 0.3) is 0 Å². The topological polar surface area (TPSA) is 51.8 Å². The van der Waals surface area contributed by atoms with Gasteiger partial charge in [-0.05, 0) is 83.1 Å². The van der Waals surface area contributed by atoms with Gasteiger partial charge in [0, 0.05) is 43.8 Å². The Balaban J connectivity index is 1.03. The Bertz CT molecular complexity index is 3170. The summed E-state index contributed by atoms with van der Waals surface area (Å²) in [6.45, 7) is 0. The van der Waals surface area contributed by atoms with E-state index in [2.05, 4.69) is 158 Å². The molecule has 4 nitrogen and oxygen atoms in total. The molecular formula is C53H35N3O. The molecule has 0 saturated heterocycles. The fourth-order valence-corrected chi connectivity index (χ4v) is 8.33. The number of furan rings is 1. The summed E-state index contributed by atoms with van der Waals surface area (Å²) in [6, 6.07) is 61.5. The molecule has 4 heteroatoms. The van der Waals surface area contributed by atoms with Crippen molar-refractivity contribution in [3.63, 3.8) is 0 Å². The van der Waals surface area contributed by atoms with Gasteiger partial charge in [0.15, 0.2) is 5.82 Å². The number of nitrogens with zero attached hydrogens (tertiary/aromatic N) is 3. The molecule has 0 spiro atoms. The maximum Gasteiger partial charge on any atom is 0.160 e. The number of allylic oxidation sites excluding steroid dienone is 1. The Morgan fingerprint density at radius 3 is 1.68 bits per heavy atom. The molecule has 57 heavy (non-hydrogen) atoms. The van der Waals surface area contributed by atoms with E-state index >= 15 is 0 Å².